The number of amides is 1. The van der Waals surface area contributed by atoms with Crippen LogP contribution < -0.4 is 5.32 Å². The van der Waals surface area contributed by atoms with Gasteiger partial charge in [-0.1, -0.05) is 0 Å². The van der Waals surface area contributed by atoms with Crippen LogP contribution in [0.15, 0.2) is 0 Å². The summed E-state index contributed by atoms with van der Waals surface area (Å²) < 4.78 is 11.0. The predicted molar refractivity (Wildman–Crippen MR) is 87.4 cm³/mol. The van der Waals surface area contributed by atoms with Crippen LogP contribution in [0.25, 0.3) is 0 Å². The minimum atomic E-state index is -0.466. The van der Waals surface area contributed by atoms with Gasteiger partial charge in [0, 0.05) is 45.9 Å². The van der Waals surface area contributed by atoms with Gasteiger partial charge in [0.2, 0.25) is 5.91 Å². The van der Waals surface area contributed by atoms with Gasteiger partial charge < -0.3 is 19.9 Å². The normalized spacial score (nSPS) is 24.7. The van der Waals surface area contributed by atoms with Crippen LogP contribution in [-0.2, 0) is 14.3 Å². The highest BCUT2D eigenvalue weighted by molar-refractivity contribution is 5.77. The maximum Gasteiger partial charge on any atom is 0.234 e. The second kappa shape index (κ2) is 10.2. The molecule has 2 N–H and O–H groups in total. The molecule has 2 saturated heterocycles. The van der Waals surface area contributed by atoms with E-state index >= 15 is 0 Å². The SMILES string of the molecule is CCNC(=O)CN1CCN(CC(O)COCC2CCCO2)CC1. The van der Waals surface area contributed by atoms with E-state index in [2.05, 4.69) is 15.1 Å². The molecule has 0 radical (unpaired) electrons. The first-order valence-corrected chi connectivity index (χ1v) is 8.76. The van der Waals surface area contributed by atoms with Crippen LogP contribution in [0.4, 0.5) is 0 Å². The van der Waals surface area contributed by atoms with E-state index in [4.69, 9.17) is 9.47 Å². The van der Waals surface area contributed by atoms with Crippen molar-refractivity contribution in [2.75, 3.05) is 65.6 Å². The molecule has 2 aliphatic heterocycles. The van der Waals surface area contributed by atoms with E-state index in [-0.39, 0.29) is 12.0 Å². The van der Waals surface area contributed by atoms with Crippen LogP contribution in [0, 0.1) is 0 Å². The van der Waals surface area contributed by atoms with Gasteiger partial charge in [-0.2, -0.15) is 0 Å². The lowest BCUT2D eigenvalue weighted by atomic mass is 10.2. The summed E-state index contributed by atoms with van der Waals surface area (Å²) in [5, 5.41) is 12.9. The van der Waals surface area contributed by atoms with Crippen molar-refractivity contribution < 1.29 is 19.4 Å². The third kappa shape index (κ3) is 7.14. The van der Waals surface area contributed by atoms with E-state index < -0.39 is 6.10 Å². The average Bonchev–Trinajstić information content (AvgIpc) is 3.03. The monoisotopic (exact) mass is 329 g/mol. The third-order valence-corrected chi connectivity index (χ3v) is 4.31. The van der Waals surface area contributed by atoms with Crippen LogP contribution in [0.2, 0.25) is 0 Å². The standard InChI is InChI=1S/C16H31N3O4/c1-2-17-16(21)11-19-7-5-18(6-8-19)10-14(20)12-22-13-15-4-3-9-23-15/h14-15,20H,2-13H2,1H3,(H,17,21). The van der Waals surface area contributed by atoms with Crippen molar-refractivity contribution in [3.05, 3.63) is 0 Å². The molecule has 2 fully saturated rings. The van der Waals surface area contributed by atoms with Gasteiger partial charge in [0.1, 0.15) is 0 Å². The minimum absolute atomic E-state index is 0.0866. The molecule has 2 unspecified atom stereocenters. The van der Waals surface area contributed by atoms with Gasteiger partial charge in [-0.25, -0.2) is 0 Å². The zero-order valence-electron chi connectivity index (χ0n) is 14.2. The van der Waals surface area contributed by atoms with Crippen molar-refractivity contribution in [1.29, 1.82) is 0 Å². The van der Waals surface area contributed by atoms with E-state index in [0.29, 0.717) is 32.8 Å². The molecule has 0 aliphatic carbocycles. The third-order valence-electron chi connectivity index (χ3n) is 4.31. The Balaban J connectivity index is 1.53. The summed E-state index contributed by atoms with van der Waals surface area (Å²) in [7, 11) is 0. The topological polar surface area (TPSA) is 74.3 Å². The lowest BCUT2D eigenvalue weighted by Crippen LogP contribution is -2.51. The summed E-state index contributed by atoms with van der Waals surface area (Å²) in [4.78, 5) is 15.9. The van der Waals surface area contributed by atoms with Crippen molar-refractivity contribution in [3.63, 3.8) is 0 Å². The maximum atomic E-state index is 11.6. The fraction of sp³-hybridized carbons (Fsp3) is 0.938. The van der Waals surface area contributed by atoms with E-state index in [9.17, 15) is 9.90 Å². The number of hydrogen-bond donors (Lipinski definition) is 2. The average molecular weight is 329 g/mol. The van der Waals surface area contributed by atoms with Crippen LogP contribution in [0.3, 0.4) is 0 Å². The van der Waals surface area contributed by atoms with Crippen molar-refractivity contribution in [3.8, 4) is 0 Å². The molecular weight excluding hydrogens is 298 g/mol. The smallest absolute Gasteiger partial charge is 0.234 e. The molecule has 2 rings (SSSR count). The lowest BCUT2D eigenvalue weighted by Gasteiger charge is -2.35. The Hall–Kier alpha value is -0.730. The minimum Gasteiger partial charge on any atom is -0.389 e. The zero-order valence-corrected chi connectivity index (χ0v) is 14.2. The Kier molecular flexibility index (Phi) is 8.25. The lowest BCUT2D eigenvalue weighted by molar-refractivity contribution is -0.122. The highest BCUT2D eigenvalue weighted by Gasteiger charge is 2.21. The number of nitrogens with zero attached hydrogens (tertiary/aromatic N) is 2. The van der Waals surface area contributed by atoms with Crippen LogP contribution in [0.5, 0.6) is 0 Å². The quantitative estimate of drug-likeness (QED) is 0.583. The Morgan fingerprint density at radius 1 is 1.35 bits per heavy atom. The number of rotatable bonds is 9. The van der Waals surface area contributed by atoms with Gasteiger partial charge in [-0.15, -0.1) is 0 Å². The summed E-state index contributed by atoms with van der Waals surface area (Å²) in [5.74, 6) is 0.0866. The summed E-state index contributed by atoms with van der Waals surface area (Å²) in [6.45, 7) is 8.95. The molecule has 0 spiro atoms. The highest BCUT2D eigenvalue weighted by Crippen LogP contribution is 2.12. The van der Waals surface area contributed by atoms with Gasteiger partial charge >= 0.3 is 0 Å². The molecule has 1 amide bonds. The number of nitrogens with one attached hydrogen (secondary N) is 1. The van der Waals surface area contributed by atoms with Crippen LogP contribution >= 0.6 is 0 Å². The Morgan fingerprint density at radius 3 is 2.74 bits per heavy atom. The largest absolute Gasteiger partial charge is 0.389 e. The summed E-state index contributed by atoms with van der Waals surface area (Å²) >= 11 is 0. The van der Waals surface area contributed by atoms with Crippen molar-refractivity contribution >= 4 is 5.91 Å². The number of aliphatic hydroxyl groups excluding tert-OH is 1. The first-order chi connectivity index (χ1) is 11.2. The van der Waals surface area contributed by atoms with Crippen molar-refractivity contribution in [2.45, 2.75) is 32.0 Å². The molecule has 2 aliphatic rings. The molecule has 0 aromatic carbocycles. The predicted octanol–water partition coefficient (Wildman–Crippen LogP) is -0.703. The van der Waals surface area contributed by atoms with E-state index in [0.717, 1.165) is 45.6 Å². The molecular formula is C16H31N3O4. The molecule has 134 valence electrons. The molecule has 0 aromatic rings. The van der Waals surface area contributed by atoms with Gasteiger partial charge in [0.25, 0.3) is 0 Å². The van der Waals surface area contributed by atoms with E-state index in [1.54, 1.807) is 0 Å². The van der Waals surface area contributed by atoms with Gasteiger partial charge in [0.15, 0.2) is 0 Å². The zero-order chi connectivity index (χ0) is 16.5. The summed E-state index contributed by atoms with van der Waals surface area (Å²) in [5.41, 5.74) is 0. The summed E-state index contributed by atoms with van der Waals surface area (Å²) in [6.07, 6.45) is 1.91. The first-order valence-electron chi connectivity index (χ1n) is 8.76. The number of piperazine rings is 1. The number of carbonyl (C=O) groups is 1. The maximum absolute atomic E-state index is 11.6. The number of hydrogen-bond acceptors (Lipinski definition) is 6. The highest BCUT2D eigenvalue weighted by atomic mass is 16.5. The molecule has 0 bridgehead atoms. The Morgan fingerprint density at radius 2 is 2.09 bits per heavy atom. The van der Waals surface area contributed by atoms with E-state index in [1.165, 1.54) is 0 Å². The number of likely N-dealkylation sites (N-methyl/N-ethyl adjacent to an activating group) is 1. The molecule has 7 nitrogen and oxygen atoms in total. The molecule has 7 heteroatoms. The number of ether oxygens (including phenoxy) is 2. The second-order valence-corrected chi connectivity index (χ2v) is 6.36. The fourth-order valence-electron chi connectivity index (χ4n) is 3.05. The Labute approximate surface area is 138 Å². The molecule has 2 heterocycles. The van der Waals surface area contributed by atoms with Crippen molar-refractivity contribution in [2.24, 2.45) is 0 Å². The first kappa shape index (κ1) is 18.6. The second-order valence-electron chi connectivity index (χ2n) is 6.36. The van der Waals surface area contributed by atoms with E-state index in [1.807, 2.05) is 6.92 Å². The molecule has 2 atom stereocenters. The van der Waals surface area contributed by atoms with Gasteiger partial charge in [-0.3, -0.25) is 14.6 Å². The number of aliphatic hydroxyl groups is 1. The van der Waals surface area contributed by atoms with Crippen molar-refractivity contribution in [1.82, 2.24) is 15.1 Å². The van der Waals surface area contributed by atoms with Gasteiger partial charge in [0.05, 0.1) is 32.0 Å². The molecule has 0 aromatic heterocycles. The Bertz CT molecular complexity index is 342. The number of β-amino-alcohol motifs (C(OH)–C–C–N with tert-alkyl or cyclic N) is 1. The molecule has 0 saturated carbocycles. The fourth-order valence-corrected chi connectivity index (χ4v) is 3.05. The van der Waals surface area contributed by atoms with Crippen LogP contribution in [-0.4, -0.2) is 98.7 Å². The van der Waals surface area contributed by atoms with Gasteiger partial charge in [-0.05, 0) is 19.8 Å². The molecule has 23 heavy (non-hydrogen) atoms. The van der Waals surface area contributed by atoms with Crippen LogP contribution in [0.1, 0.15) is 19.8 Å². The number of carbonyl (C=O) groups excluding carboxylic acids is 1. The summed E-state index contributed by atoms with van der Waals surface area (Å²) in [6, 6.07) is 0.